The van der Waals surface area contributed by atoms with Crippen LogP contribution in [0.3, 0.4) is 0 Å². The first-order chi connectivity index (χ1) is 5.52. The Hall–Kier alpha value is -1.10. The molecule has 0 aromatic carbocycles. The van der Waals surface area contributed by atoms with Crippen molar-refractivity contribution in [1.29, 1.82) is 0 Å². The quantitative estimate of drug-likeness (QED) is 0.707. The number of rotatable bonds is 1. The van der Waals surface area contributed by atoms with E-state index in [1.165, 1.54) is 18.3 Å². The summed E-state index contributed by atoms with van der Waals surface area (Å²) in [4.78, 5) is 3.38. The smallest absolute Gasteiger partial charge is 0.378 e. The van der Waals surface area contributed by atoms with Crippen molar-refractivity contribution in [1.82, 2.24) is 4.98 Å². The molecule has 1 heterocycles. The fourth-order valence-corrected chi connectivity index (χ4v) is 0.705. The van der Waals surface area contributed by atoms with Crippen molar-refractivity contribution >= 4 is 0 Å². The van der Waals surface area contributed by atoms with Crippen LogP contribution in [-0.2, 0) is 0 Å². The number of aliphatic hydroxyl groups excluding tert-OH is 1. The lowest BCUT2D eigenvalue weighted by atomic mass is 10.2. The Labute approximate surface area is 66.7 Å². The van der Waals surface area contributed by atoms with Gasteiger partial charge in [-0.15, -0.1) is 0 Å². The third-order valence-corrected chi connectivity index (χ3v) is 1.28. The first kappa shape index (κ1) is 8.99. The summed E-state index contributed by atoms with van der Waals surface area (Å²) in [5.74, 6) is 0. The molecule has 1 atom stereocenters. The van der Waals surface area contributed by atoms with E-state index in [2.05, 4.69) is 4.98 Å². The third-order valence-electron chi connectivity index (χ3n) is 1.28. The molecule has 0 aliphatic carbocycles. The maximum absolute atomic E-state index is 11.8. The molecule has 12 heavy (non-hydrogen) atoms. The van der Waals surface area contributed by atoms with Crippen molar-refractivity contribution in [2.24, 2.45) is 0 Å². The van der Waals surface area contributed by atoms with E-state index >= 15 is 0 Å². The van der Waals surface area contributed by atoms with Crippen LogP contribution in [0.5, 0.6) is 0 Å². The molecule has 1 aromatic rings. The maximum atomic E-state index is 11.8. The molecule has 0 fully saturated rings. The Kier molecular flexibility index (Phi) is 2.32. The number of halogens is 3. The van der Waals surface area contributed by atoms with Gasteiger partial charge in [-0.25, -0.2) is 0 Å². The van der Waals surface area contributed by atoms with Crippen LogP contribution in [0.2, 0.25) is 0 Å². The van der Waals surface area contributed by atoms with Crippen molar-refractivity contribution in [2.45, 2.75) is 12.3 Å². The molecule has 0 amide bonds. The molecule has 1 unspecified atom stereocenters. The summed E-state index contributed by atoms with van der Waals surface area (Å²) in [7, 11) is 0. The van der Waals surface area contributed by atoms with Crippen LogP contribution < -0.4 is 0 Å². The molecule has 2 nitrogen and oxygen atoms in total. The Morgan fingerprint density at radius 1 is 1.33 bits per heavy atom. The molecule has 1 aromatic heterocycles. The van der Waals surface area contributed by atoms with Gasteiger partial charge in [0.1, 0.15) is 0 Å². The predicted octanol–water partition coefficient (Wildman–Crippen LogP) is 1.68. The summed E-state index contributed by atoms with van der Waals surface area (Å²) in [6, 6.07) is 3.99. The number of alkyl halides is 3. The van der Waals surface area contributed by atoms with Crippen molar-refractivity contribution in [3.63, 3.8) is 0 Å². The highest BCUT2D eigenvalue weighted by atomic mass is 19.4. The summed E-state index contributed by atoms with van der Waals surface area (Å²) in [6.45, 7) is 0. The van der Waals surface area contributed by atoms with Gasteiger partial charge in [0, 0.05) is 6.20 Å². The largest absolute Gasteiger partial charge is 0.420 e. The standard InChI is InChI=1S/C7H6F3NO/c8-7(9,10)6(12)5-3-1-2-4-11-5/h1-4,6,12H. The Morgan fingerprint density at radius 2 is 2.00 bits per heavy atom. The lowest BCUT2D eigenvalue weighted by molar-refractivity contribution is -0.207. The van der Waals surface area contributed by atoms with Crippen LogP contribution in [0.15, 0.2) is 24.4 Å². The van der Waals surface area contributed by atoms with Crippen LogP contribution in [-0.4, -0.2) is 16.3 Å². The summed E-state index contributed by atoms with van der Waals surface area (Å²) in [5, 5.41) is 8.67. The first-order valence-corrected chi connectivity index (χ1v) is 3.17. The van der Waals surface area contributed by atoms with Gasteiger partial charge in [-0.2, -0.15) is 13.2 Å². The van der Waals surface area contributed by atoms with Crippen molar-refractivity contribution in [2.75, 3.05) is 0 Å². The Bertz CT molecular complexity index is 247. The lowest BCUT2D eigenvalue weighted by Crippen LogP contribution is -2.20. The lowest BCUT2D eigenvalue weighted by Gasteiger charge is -2.12. The van der Waals surface area contributed by atoms with Gasteiger partial charge in [0.2, 0.25) is 0 Å². The Morgan fingerprint density at radius 3 is 2.42 bits per heavy atom. The number of hydrogen-bond donors (Lipinski definition) is 1. The van der Waals surface area contributed by atoms with Crippen LogP contribution in [0.25, 0.3) is 0 Å². The van der Waals surface area contributed by atoms with Crippen molar-refractivity contribution in [3.8, 4) is 0 Å². The van der Waals surface area contributed by atoms with Gasteiger partial charge in [0.05, 0.1) is 5.69 Å². The number of hydrogen-bond acceptors (Lipinski definition) is 2. The maximum Gasteiger partial charge on any atom is 0.420 e. The summed E-state index contributed by atoms with van der Waals surface area (Å²) in [6.07, 6.45) is -5.93. The molecule has 0 saturated heterocycles. The van der Waals surface area contributed by atoms with Gasteiger partial charge in [0.15, 0.2) is 6.10 Å². The van der Waals surface area contributed by atoms with Gasteiger partial charge >= 0.3 is 6.18 Å². The predicted molar refractivity (Wildman–Crippen MR) is 35.3 cm³/mol. The zero-order chi connectivity index (χ0) is 9.19. The van der Waals surface area contributed by atoms with E-state index in [1.54, 1.807) is 0 Å². The molecule has 0 spiro atoms. The fourth-order valence-electron chi connectivity index (χ4n) is 0.705. The number of nitrogens with zero attached hydrogens (tertiary/aromatic N) is 1. The molecule has 1 N–H and O–H groups in total. The zero-order valence-corrected chi connectivity index (χ0v) is 5.92. The molecule has 5 heteroatoms. The molecule has 66 valence electrons. The highest BCUT2D eigenvalue weighted by Gasteiger charge is 2.40. The van der Waals surface area contributed by atoms with Gasteiger partial charge < -0.3 is 5.11 Å². The minimum absolute atomic E-state index is 0.384. The molecular formula is C7H6F3NO. The highest BCUT2D eigenvalue weighted by Crippen LogP contribution is 2.30. The normalized spacial score (nSPS) is 14.3. The summed E-state index contributed by atoms with van der Waals surface area (Å²) in [5.41, 5.74) is -0.384. The van der Waals surface area contributed by atoms with Crippen LogP contribution in [0, 0.1) is 0 Å². The minimum Gasteiger partial charge on any atom is -0.378 e. The number of aromatic nitrogens is 1. The van der Waals surface area contributed by atoms with E-state index in [0.717, 1.165) is 6.07 Å². The van der Waals surface area contributed by atoms with Crippen LogP contribution in [0.4, 0.5) is 13.2 Å². The molecular weight excluding hydrogens is 171 g/mol. The fraction of sp³-hybridized carbons (Fsp3) is 0.286. The van der Waals surface area contributed by atoms with E-state index < -0.39 is 12.3 Å². The van der Waals surface area contributed by atoms with Crippen LogP contribution in [0.1, 0.15) is 11.8 Å². The van der Waals surface area contributed by atoms with Gasteiger partial charge in [0.25, 0.3) is 0 Å². The second-order valence-electron chi connectivity index (χ2n) is 2.20. The molecule has 0 radical (unpaired) electrons. The Balaban J connectivity index is 2.86. The molecule has 0 saturated carbocycles. The number of aliphatic hydroxyl groups is 1. The second kappa shape index (κ2) is 3.10. The first-order valence-electron chi connectivity index (χ1n) is 3.17. The molecule has 1 rings (SSSR count). The molecule has 0 aliphatic rings. The molecule has 0 aliphatic heterocycles. The van der Waals surface area contributed by atoms with E-state index in [9.17, 15) is 13.2 Å². The molecule has 0 bridgehead atoms. The average Bonchev–Trinajstić information content (AvgIpc) is 2.03. The third kappa shape index (κ3) is 1.94. The summed E-state index contributed by atoms with van der Waals surface area (Å²) >= 11 is 0. The van der Waals surface area contributed by atoms with E-state index in [4.69, 9.17) is 5.11 Å². The van der Waals surface area contributed by atoms with Crippen molar-refractivity contribution < 1.29 is 18.3 Å². The SMILES string of the molecule is OC(c1ccccn1)C(F)(F)F. The average molecular weight is 177 g/mol. The minimum atomic E-state index is -4.64. The summed E-state index contributed by atoms with van der Waals surface area (Å²) < 4.78 is 35.5. The van der Waals surface area contributed by atoms with Gasteiger partial charge in [-0.05, 0) is 12.1 Å². The second-order valence-corrected chi connectivity index (χ2v) is 2.20. The highest BCUT2D eigenvalue weighted by molar-refractivity contribution is 5.07. The van der Waals surface area contributed by atoms with Gasteiger partial charge in [-0.3, -0.25) is 4.98 Å². The topological polar surface area (TPSA) is 33.1 Å². The van der Waals surface area contributed by atoms with E-state index in [-0.39, 0.29) is 5.69 Å². The van der Waals surface area contributed by atoms with Crippen LogP contribution >= 0.6 is 0 Å². The van der Waals surface area contributed by atoms with Gasteiger partial charge in [-0.1, -0.05) is 6.07 Å². The van der Waals surface area contributed by atoms with E-state index in [1.807, 2.05) is 0 Å². The van der Waals surface area contributed by atoms with Crippen molar-refractivity contribution in [3.05, 3.63) is 30.1 Å². The monoisotopic (exact) mass is 177 g/mol. The van der Waals surface area contributed by atoms with E-state index in [0.29, 0.717) is 0 Å². The number of pyridine rings is 1. The zero-order valence-electron chi connectivity index (χ0n) is 5.92.